The van der Waals surface area contributed by atoms with Crippen molar-refractivity contribution in [3.63, 3.8) is 0 Å². The Morgan fingerprint density at radius 2 is 2.00 bits per heavy atom. The maximum absolute atomic E-state index is 6.19. The molecule has 0 aliphatic carbocycles. The monoisotopic (exact) mass is 300 g/mol. The lowest BCUT2D eigenvalue weighted by atomic mass is 10.0. The Kier molecular flexibility index (Phi) is 3.35. The number of pyridine rings is 1. The SMILES string of the molecule is COc1cnc(-c2cccc(Cl)c2C)c2ncnc(N)c12. The molecule has 106 valence electrons. The number of rotatable bonds is 2. The molecule has 2 N–H and O–H groups in total. The number of fused-ring (bicyclic) bond motifs is 1. The fourth-order valence-electron chi connectivity index (χ4n) is 2.29. The number of methoxy groups -OCH3 is 1. The average molecular weight is 301 g/mol. The molecule has 3 rings (SSSR count). The summed E-state index contributed by atoms with van der Waals surface area (Å²) in [5.41, 5.74) is 9.17. The van der Waals surface area contributed by atoms with Gasteiger partial charge in [0.1, 0.15) is 23.4 Å². The molecule has 0 atom stereocenters. The van der Waals surface area contributed by atoms with Gasteiger partial charge in [-0.3, -0.25) is 4.98 Å². The summed E-state index contributed by atoms with van der Waals surface area (Å²) in [5, 5.41) is 1.34. The molecule has 0 radical (unpaired) electrons. The number of benzene rings is 1. The van der Waals surface area contributed by atoms with Crippen molar-refractivity contribution in [2.45, 2.75) is 6.92 Å². The van der Waals surface area contributed by atoms with Crippen molar-refractivity contribution in [1.82, 2.24) is 15.0 Å². The molecule has 2 heterocycles. The van der Waals surface area contributed by atoms with Gasteiger partial charge in [0.15, 0.2) is 0 Å². The number of aromatic nitrogens is 3. The second kappa shape index (κ2) is 5.18. The first-order chi connectivity index (χ1) is 10.1. The summed E-state index contributed by atoms with van der Waals surface area (Å²) in [5.74, 6) is 0.909. The molecule has 21 heavy (non-hydrogen) atoms. The van der Waals surface area contributed by atoms with Gasteiger partial charge < -0.3 is 10.5 Å². The molecule has 0 aliphatic heterocycles. The fourth-order valence-corrected chi connectivity index (χ4v) is 2.46. The largest absolute Gasteiger partial charge is 0.494 e. The van der Waals surface area contributed by atoms with Gasteiger partial charge in [0, 0.05) is 10.6 Å². The van der Waals surface area contributed by atoms with Gasteiger partial charge in [0.2, 0.25) is 0 Å². The smallest absolute Gasteiger partial charge is 0.150 e. The number of anilines is 1. The molecule has 0 saturated heterocycles. The van der Waals surface area contributed by atoms with Crippen LogP contribution in [0, 0.1) is 6.92 Å². The third-order valence-electron chi connectivity index (χ3n) is 3.40. The second-order valence-electron chi connectivity index (χ2n) is 4.57. The van der Waals surface area contributed by atoms with Gasteiger partial charge in [-0.15, -0.1) is 0 Å². The summed E-state index contributed by atoms with van der Waals surface area (Å²) in [7, 11) is 1.56. The number of nitrogens with two attached hydrogens (primary N) is 1. The van der Waals surface area contributed by atoms with Crippen LogP contribution in [0.3, 0.4) is 0 Å². The molecule has 0 bridgehead atoms. The molecule has 0 spiro atoms. The zero-order chi connectivity index (χ0) is 15.0. The second-order valence-corrected chi connectivity index (χ2v) is 4.98. The Balaban J connectivity index is 2.40. The number of nitrogens with zero attached hydrogens (tertiary/aromatic N) is 3. The lowest BCUT2D eigenvalue weighted by molar-refractivity contribution is 0.418. The van der Waals surface area contributed by atoms with E-state index in [0.29, 0.717) is 33.2 Å². The summed E-state index contributed by atoms with van der Waals surface area (Å²) in [6.07, 6.45) is 3.04. The van der Waals surface area contributed by atoms with E-state index in [2.05, 4.69) is 15.0 Å². The van der Waals surface area contributed by atoms with Crippen molar-refractivity contribution in [1.29, 1.82) is 0 Å². The highest BCUT2D eigenvalue weighted by Gasteiger charge is 2.16. The van der Waals surface area contributed by atoms with Crippen LogP contribution in [0.4, 0.5) is 5.82 Å². The van der Waals surface area contributed by atoms with Crippen molar-refractivity contribution >= 4 is 28.3 Å². The van der Waals surface area contributed by atoms with Crippen LogP contribution in [-0.4, -0.2) is 22.1 Å². The molecule has 0 fully saturated rings. The van der Waals surface area contributed by atoms with Crippen LogP contribution in [0.2, 0.25) is 5.02 Å². The molecule has 0 amide bonds. The number of nitrogen functional groups attached to an aromatic ring is 1. The predicted molar refractivity (Wildman–Crippen MR) is 83.5 cm³/mol. The van der Waals surface area contributed by atoms with Gasteiger partial charge in [-0.25, -0.2) is 9.97 Å². The van der Waals surface area contributed by atoms with Gasteiger partial charge in [-0.05, 0) is 18.6 Å². The zero-order valence-corrected chi connectivity index (χ0v) is 12.3. The summed E-state index contributed by atoms with van der Waals surface area (Å²) in [6, 6.07) is 5.68. The van der Waals surface area contributed by atoms with E-state index in [1.807, 2.05) is 25.1 Å². The van der Waals surface area contributed by atoms with Crippen LogP contribution < -0.4 is 10.5 Å². The van der Waals surface area contributed by atoms with Crippen molar-refractivity contribution in [2.24, 2.45) is 0 Å². The van der Waals surface area contributed by atoms with Gasteiger partial charge in [-0.2, -0.15) is 0 Å². The molecular weight excluding hydrogens is 288 g/mol. The summed E-state index contributed by atoms with van der Waals surface area (Å²) in [4.78, 5) is 12.8. The predicted octanol–water partition coefficient (Wildman–Crippen LogP) is 3.24. The summed E-state index contributed by atoms with van der Waals surface area (Å²) >= 11 is 6.19. The van der Waals surface area contributed by atoms with Crippen molar-refractivity contribution in [2.75, 3.05) is 12.8 Å². The Hall–Kier alpha value is -2.40. The maximum Gasteiger partial charge on any atom is 0.150 e. The quantitative estimate of drug-likeness (QED) is 0.786. The summed E-state index contributed by atoms with van der Waals surface area (Å²) in [6.45, 7) is 1.94. The molecule has 5 nitrogen and oxygen atoms in total. The number of hydrogen-bond acceptors (Lipinski definition) is 5. The average Bonchev–Trinajstić information content (AvgIpc) is 2.49. The number of halogens is 1. The first kappa shape index (κ1) is 13.6. The zero-order valence-electron chi connectivity index (χ0n) is 11.6. The Bertz CT molecular complexity index is 835. The molecule has 2 aromatic heterocycles. The van der Waals surface area contributed by atoms with Gasteiger partial charge in [-0.1, -0.05) is 23.7 Å². The van der Waals surface area contributed by atoms with Gasteiger partial charge >= 0.3 is 0 Å². The van der Waals surface area contributed by atoms with Crippen LogP contribution >= 0.6 is 11.6 Å². The van der Waals surface area contributed by atoms with Crippen molar-refractivity contribution < 1.29 is 4.74 Å². The van der Waals surface area contributed by atoms with Crippen molar-refractivity contribution in [3.05, 3.63) is 41.3 Å². The molecule has 0 saturated carbocycles. The number of hydrogen-bond donors (Lipinski definition) is 1. The highest BCUT2D eigenvalue weighted by molar-refractivity contribution is 6.31. The van der Waals surface area contributed by atoms with Crippen LogP contribution in [0.1, 0.15) is 5.56 Å². The molecule has 0 unspecified atom stereocenters. The minimum atomic E-state index is 0.361. The van der Waals surface area contributed by atoms with E-state index in [9.17, 15) is 0 Å². The van der Waals surface area contributed by atoms with E-state index in [4.69, 9.17) is 22.1 Å². The normalized spacial score (nSPS) is 10.8. The van der Waals surface area contributed by atoms with Gasteiger partial charge in [0.05, 0.1) is 24.4 Å². The number of ether oxygens (including phenoxy) is 1. The Morgan fingerprint density at radius 3 is 2.76 bits per heavy atom. The third-order valence-corrected chi connectivity index (χ3v) is 3.81. The molecule has 1 aromatic carbocycles. The van der Waals surface area contributed by atoms with Gasteiger partial charge in [0.25, 0.3) is 0 Å². The third kappa shape index (κ3) is 2.15. The lowest BCUT2D eigenvalue weighted by Crippen LogP contribution is -2.00. The van der Waals surface area contributed by atoms with E-state index >= 15 is 0 Å². The first-order valence-corrected chi connectivity index (χ1v) is 6.70. The van der Waals surface area contributed by atoms with E-state index in [-0.39, 0.29) is 0 Å². The summed E-state index contributed by atoms with van der Waals surface area (Å²) < 4.78 is 5.30. The lowest BCUT2D eigenvalue weighted by Gasteiger charge is -2.12. The first-order valence-electron chi connectivity index (χ1n) is 6.32. The Morgan fingerprint density at radius 1 is 1.19 bits per heavy atom. The standard InChI is InChI=1S/C15H13ClN4O/c1-8-9(4-3-5-10(8)16)13-14-12(11(21-2)6-18-13)15(17)20-7-19-14/h3-7H,1-2H3,(H2,17,19,20). The van der Waals surface area contributed by atoms with E-state index in [1.54, 1.807) is 13.3 Å². The van der Waals surface area contributed by atoms with Crippen molar-refractivity contribution in [3.8, 4) is 17.0 Å². The van der Waals surface area contributed by atoms with Crippen LogP contribution in [0.15, 0.2) is 30.7 Å². The molecule has 6 heteroatoms. The van der Waals surface area contributed by atoms with Crippen LogP contribution in [0.5, 0.6) is 5.75 Å². The molecule has 3 aromatic rings. The topological polar surface area (TPSA) is 73.9 Å². The van der Waals surface area contributed by atoms with Crippen LogP contribution in [0.25, 0.3) is 22.2 Å². The molecular formula is C15H13ClN4O. The van der Waals surface area contributed by atoms with E-state index in [0.717, 1.165) is 11.1 Å². The van der Waals surface area contributed by atoms with Crippen LogP contribution in [-0.2, 0) is 0 Å². The maximum atomic E-state index is 6.19. The fraction of sp³-hybridized carbons (Fsp3) is 0.133. The van der Waals surface area contributed by atoms with E-state index < -0.39 is 0 Å². The minimum Gasteiger partial charge on any atom is -0.494 e. The highest BCUT2D eigenvalue weighted by atomic mass is 35.5. The highest BCUT2D eigenvalue weighted by Crippen LogP contribution is 2.35. The van der Waals surface area contributed by atoms with E-state index in [1.165, 1.54) is 6.33 Å². The Labute approximate surface area is 126 Å². The molecule has 0 aliphatic rings. The minimum absolute atomic E-state index is 0.361.